The van der Waals surface area contributed by atoms with E-state index in [1.54, 1.807) is 72.8 Å². The van der Waals surface area contributed by atoms with Crippen molar-refractivity contribution in [1.82, 2.24) is 24.9 Å². The second-order valence-electron chi connectivity index (χ2n) is 22.6. The summed E-state index contributed by atoms with van der Waals surface area (Å²) in [5.74, 6) is -1.33. The molecule has 5 heterocycles. The van der Waals surface area contributed by atoms with E-state index < -0.39 is 0 Å². The Bertz CT molecular complexity index is 5130. The van der Waals surface area contributed by atoms with Gasteiger partial charge in [-0.2, -0.15) is 0 Å². The van der Waals surface area contributed by atoms with Crippen molar-refractivity contribution in [2.45, 2.75) is 34.6 Å². The molecule has 15 rings (SSSR count). The molecular weight excluding hydrogens is 1360 g/mol. The van der Waals surface area contributed by atoms with Crippen molar-refractivity contribution in [2.24, 2.45) is 0 Å². The summed E-state index contributed by atoms with van der Waals surface area (Å²) in [4.78, 5) is 22.6. The van der Waals surface area contributed by atoms with Gasteiger partial charge in [0.1, 0.15) is 29.1 Å². The summed E-state index contributed by atoms with van der Waals surface area (Å²) >= 11 is 7.44. The summed E-state index contributed by atoms with van der Waals surface area (Å²) in [6, 6.07) is 73.3. The van der Waals surface area contributed by atoms with Crippen LogP contribution in [0.3, 0.4) is 0 Å². The van der Waals surface area contributed by atoms with E-state index in [9.17, 15) is 22.0 Å². The number of aromatic nitrogens is 5. The van der Waals surface area contributed by atoms with E-state index in [0.29, 0.717) is 38.1 Å². The van der Waals surface area contributed by atoms with Gasteiger partial charge in [0.2, 0.25) is 0 Å². The van der Waals surface area contributed by atoms with E-state index in [-0.39, 0.29) is 29.1 Å². The van der Waals surface area contributed by atoms with Crippen LogP contribution in [0.5, 0.6) is 0 Å². The highest BCUT2D eigenvalue weighted by Gasteiger charge is 2.13. The third-order valence-electron chi connectivity index (χ3n) is 14.7. The van der Waals surface area contributed by atoms with Gasteiger partial charge in [-0.3, -0.25) is 0 Å². The summed E-state index contributed by atoms with van der Waals surface area (Å²) < 4.78 is 66.7. The van der Waals surface area contributed by atoms with E-state index in [2.05, 4.69) is 128 Å². The monoisotopic (exact) mass is 1420 g/mol. The Morgan fingerprint density at radius 2 is 0.620 bits per heavy atom. The normalized spacial score (nSPS) is 10.5. The van der Waals surface area contributed by atoms with Gasteiger partial charge in [0.25, 0.3) is 0 Å². The molecule has 5 N–H and O–H groups in total. The molecule has 0 saturated carbocycles. The second-order valence-corrected chi connectivity index (χ2v) is 26.9. The van der Waals surface area contributed by atoms with Gasteiger partial charge in [-0.25, -0.2) is 46.9 Å². The number of anilines is 10. The number of thiazole rings is 5. The number of nitrogens with zero attached hydrogens (tertiary/aromatic N) is 5. The van der Waals surface area contributed by atoms with E-state index in [4.69, 9.17) is 0 Å². The molecule has 0 amide bonds. The van der Waals surface area contributed by atoms with E-state index in [1.165, 1.54) is 127 Å². The molecular formula is C80H65F5N10S5. The lowest BCUT2D eigenvalue weighted by Gasteiger charge is -2.03. The van der Waals surface area contributed by atoms with Gasteiger partial charge in [-0.1, -0.05) is 168 Å². The minimum atomic E-state index is -0.278. The van der Waals surface area contributed by atoms with Crippen molar-refractivity contribution in [3.63, 3.8) is 0 Å². The van der Waals surface area contributed by atoms with Gasteiger partial charge in [0, 0.05) is 66.1 Å². The first kappa shape index (κ1) is 70.3. The molecule has 10 aromatic carbocycles. The van der Waals surface area contributed by atoms with Crippen molar-refractivity contribution < 1.29 is 22.0 Å². The van der Waals surface area contributed by atoms with Crippen LogP contribution in [-0.2, 0) is 0 Å². The molecule has 0 aliphatic heterocycles. The highest BCUT2D eigenvalue weighted by molar-refractivity contribution is 7.15. The Kier molecular flexibility index (Phi) is 24.2. The number of benzene rings is 10. The van der Waals surface area contributed by atoms with Crippen LogP contribution in [0.25, 0.3) is 56.3 Å². The zero-order chi connectivity index (χ0) is 69.7. The van der Waals surface area contributed by atoms with Gasteiger partial charge in [0.15, 0.2) is 25.7 Å². The maximum Gasteiger partial charge on any atom is 0.187 e. The van der Waals surface area contributed by atoms with Crippen molar-refractivity contribution in [2.75, 3.05) is 26.6 Å². The fourth-order valence-corrected chi connectivity index (χ4v) is 13.4. The highest BCUT2D eigenvalue weighted by atomic mass is 32.1. The summed E-state index contributed by atoms with van der Waals surface area (Å²) in [5.41, 5.74) is 18.9. The molecule has 0 fully saturated rings. The average molecular weight is 1420 g/mol. The Balaban J connectivity index is 0.000000126. The summed E-state index contributed by atoms with van der Waals surface area (Å²) in [7, 11) is 0. The molecule has 0 unspecified atom stereocenters. The maximum absolute atomic E-state index is 13.6. The van der Waals surface area contributed by atoms with Gasteiger partial charge in [0.05, 0.1) is 45.5 Å². The third-order valence-corrected chi connectivity index (χ3v) is 18.5. The average Bonchev–Trinajstić information content (AvgIpc) is 1.79. The van der Waals surface area contributed by atoms with Crippen LogP contribution < -0.4 is 26.6 Å². The second kappa shape index (κ2) is 34.5. The van der Waals surface area contributed by atoms with E-state index in [1.807, 2.05) is 113 Å². The minimum Gasteiger partial charge on any atom is -0.332 e. The molecule has 0 spiro atoms. The summed E-state index contributed by atoms with van der Waals surface area (Å²) in [5, 5.41) is 28.9. The Morgan fingerprint density at radius 3 is 1.03 bits per heavy atom. The van der Waals surface area contributed by atoms with Crippen LogP contribution in [-0.4, -0.2) is 24.9 Å². The number of nitrogens with one attached hydrogen (secondary N) is 5. The Morgan fingerprint density at radius 1 is 0.260 bits per heavy atom. The number of hydrogen-bond donors (Lipinski definition) is 5. The number of aryl methyl sites for hydroxylation is 5. The molecule has 5 aromatic heterocycles. The number of hydrogen-bond acceptors (Lipinski definition) is 15. The number of rotatable bonds is 15. The van der Waals surface area contributed by atoms with E-state index in [0.717, 1.165) is 72.2 Å². The first-order valence-corrected chi connectivity index (χ1v) is 35.7. The van der Waals surface area contributed by atoms with Crippen LogP contribution in [0.4, 0.5) is 76.0 Å². The Labute approximate surface area is 597 Å². The summed E-state index contributed by atoms with van der Waals surface area (Å²) in [6.45, 7) is 10.3. The number of halogens is 5. The van der Waals surface area contributed by atoms with Crippen molar-refractivity contribution in [3.8, 4) is 56.3 Å². The molecule has 0 radical (unpaired) electrons. The summed E-state index contributed by atoms with van der Waals surface area (Å²) in [6.07, 6.45) is 0. The lowest BCUT2D eigenvalue weighted by Crippen LogP contribution is -1.92. The molecule has 100 heavy (non-hydrogen) atoms. The molecule has 20 heteroatoms. The van der Waals surface area contributed by atoms with Gasteiger partial charge < -0.3 is 26.6 Å². The fraction of sp³-hybridized carbons (Fsp3) is 0.0625. The maximum atomic E-state index is 13.6. The molecule has 0 bridgehead atoms. The van der Waals surface area contributed by atoms with Crippen molar-refractivity contribution >= 4 is 111 Å². The Hall–Kier alpha value is -11.0. The topological polar surface area (TPSA) is 125 Å². The predicted molar refractivity (Wildman–Crippen MR) is 410 cm³/mol. The van der Waals surface area contributed by atoms with Crippen LogP contribution in [0.2, 0.25) is 0 Å². The SMILES string of the molecule is Cc1ccc(-c2csc(Nc3ccccc3F)n2)cc1.Cc1cccc(-c2csc(Nc3ccc(F)cc3)n2)c1.Cc1cccc(-c2csc(Nc3cccc(F)c3)n2)c1.Cc1cccc(-c2csc(Nc3ccccc3F)n2)c1.Cc1ccccc1-c1csc(Nc2ccccc2F)n1. The molecule has 15 aromatic rings. The quantitative estimate of drug-likeness (QED) is 0.0634. The van der Waals surface area contributed by atoms with E-state index >= 15 is 0 Å². The van der Waals surface area contributed by atoms with Crippen LogP contribution in [0, 0.1) is 63.7 Å². The van der Waals surface area contributed by atoms with Gasteiger partial charge in [-0.15, -0.1) is 56.7 Å². The van der Waals surface area contributed by atoms with Gasteiger partial charge >= 0.3 is 0 Å². The lowest BCUT2D eigenvalue weighted by atomic mass is 10.1. The molecule has 0 aliphatic rings. The first-order valence-electron chi connectivity index (χ1n) is 31.3. The zero-order valence-corrected chi connectivity index (χ0v) is 58.7. The van der Waals surface area contributed by atoms with Crippen LogP contribution >= 0.6 is 56.7 Å². The third kappa shape index (κ3) is 20.3. The molecule has 0 saturated heterocycles. The molecule has 10 nitrogen and oxygen atoms in total. The minimum absolute atomic E-state index is 0.241. The number of para-hydroxylation sites is 3. The standard InChI is InChI=1S/5C16H13FN2S/c1-11-4-2-5-12(8-11)15-10-20-16(19-15)18-14-7-3-6-13(17)9-14;1-11-5-4-6-12(9-11)15-10-20-16(19-15)18-14-8-3-2-7-13(14)17;1-11-6-2-3-7-12(11)15-10-20-16(19-15)18-14-9-5-4-8-13(14)17;1-11-3-2-4-12(9-11)15-10-20-16(19-15)18-14-7-5-13(17)6-8-14;1-11-6-8-12(9-7-11)15-10-20-16(19-15)18-14-5-3-2-4-13(14)17/h5*2-10H,1H3,(H,18,19). The smallest absolute Gasteiger partial charge is 0.187 e. The van der Waals surface area contributed by atoms with Gasteiger partial charge in [-0.05, 0) is 137 Å². The van der Waals surface area contributed by atoms with Crippen LogP contribution in [0.1, 0.15) is 27.8 Å². The largest absolute Gasteiger partial charge is 0.332 e. The lowest BCUT2D eigenvalue weighted by molar-refractivity contribution is 0.628. The predicted octanol–water partition coefficient (Wildman–Crippen LogP) is 25.0. The molecule has 500 valence electrons. The molecule has 0 atom stereocenters. The molecule has 0 aliphatic carbocycles. The first-order chi connectivity index (χ1) is 48.6. The zero-order valence-electron chi connectivity index (χ0n) is 54.6. The van der Waals surface area contributed by atoms with Crippen molar-refractivity contribution in [3.05, 3.63) is 326 Å². The fourth-order valence-electron chi connectivity index (χ4n) is 9.69. The van der Waals surface area contributed by atoms with Crippen molar-refractivity contribution in [1.29, 1.82) is 0 Å². The van der Waals surface area contributed by atoms with Crippen LogP contribution in [0.15, 0.2) is 270 Å². The highest BCUT2D eigenvalue weighted by Crippen LogP contribution is 2.34.